The van der Waals surface area contributed by atoms with Crippen molar-refractivity contribution in [1.29, 1.82) is 0 Å². The van der Waals surface area contributed by atoms with Crippen LogP contribution in [-0.2, 0) is 0 Å². The summed E-state index contributed by atoms with van der Waals surface area (Å²) in [6, 6.07) is 11.3. The van der Waals surface area contributed by atoms with Gasteiger partial charge in [0.1, 0.15) is 5.75 Å². The summed E-state index contributed by atoms with van der Waals surface area (Å²) in [6.07, 6.45) is 1.75. The zero-order valence-corrected chi connectivity index (χ0v) is 11.0. The van der Waals surface area contributed by atoms with Gasteiger partial charge in [0.25, 0.3) is 0 Å². The fourth-order valence-electron chi connectivity index (χ4n) is 1.55. The van der Waals surface area contributed by atoms with Gasteiger partial charge >= 0.3 is 0 Å². The lowest BCUT2D eigenvalue weighted by Crippen LogP contribution is -2.13. The van der Waals surface area contributed by atoms with Gasteiger partial charge in [0.2, 0.25) is 0 Å². The molecule has 0 radical (unpaired) electrons. The molecule has 0 aliphatic carbocycles. The topological polar surface area (TPSA) is 48.1 Å². The zero-order valence-electron chi connectivity index (χ0n) is 9.43. The molecule has 2 N–H and O–H groups in total. The monoisotopic (exact) mass is 292 g/mol. The summed E-state index contributed by atoms with van der Waals surface area (Å²) in [7, 11) is 1.64. The molecule has 1 heterocycles. The molecule has 1 aromatic heterocycles. The first-order chi connectivity index (χ1) is 8.20. The lowest BCUT2D eigenvalue weighted by molar-refractivity contribution is 0.414. The van der Waals surface area contributed by atoms with Crippen molar-refractivity contribution in [3.05, 3.63) is 58.3 Å². The number of pyridine rings is 1. The highest BCUT2D eigenvalue weighted by molar-refractivity contribution is 9.10. The second-order valence-corrected chi connectivity index (χ2v) is 4.57. The van der Waals surface area contributed by atoms with Crippen molar-refractivity contribution in [2.24, 2.45) is 5.73 Å². The molecule has 0 fully saturated rings. The van der Waals surface area contributed by atoms with Crippen molar-refractivity contribution in [2.75, 3.05) is 7.11 Å². The highest BCUT2D eigenvalue weighted by Crippen LogP contribution is 2.21. The molecule has 0 bridgehead atoms. The van der Waals surface area contributed by atoms with E-state index in [4.69, 9.17) is 10.5 Å². The first-order valence-corrected chi connectivity index (χ1v) is 6.01. The van der Waals surface area contributed by atoms with Crippen molar-refractivity contribution in [1.82, 2.24) is 4.98 Å². The summed E-state index contributed by atoms with van der Waals surface area (Å²) >= 11 is 3.35. The van der Waals surface area contributed by atoms with Crippen LogP contribution in [0.3, 0.4) is 0 Å². The summed E-state index contributed by atoms with van der Waals surface area (Å²) in [5.41, 5.74) is 8.00. The fraction of sp³-hybridized carbons (Fsp3) is 0.154. The van der Waals surface area contributed by atoms with E-state index in [0.29, 0.717) is 0 Å². The van der Waals surface area contributed by atoms with Crippen molar-refractivity contribution < 1.29 is 4.74 Å². The maximum atomic E-state index is 6.14. The van der Waals surface area contributed by atoms with E-state index in [0.717, 1.165) is 21.5 Å². The van der Waals surface area contributed by atoms with Crippen molar-refractivity contribution in [3.63, 3.8) is 0 Å². The van der Waals surface area contributed by atoms with Gasteiger partial charge in [-0.3, -0.25) is 4.98 Å². The van der Waals surface area contributed by atoms with Crippen molar-refractivity contribution in [2.45, 2.75) is 6.04 Å². The first-order valence-electron chi connectivity index (χ1n) is 5.21. The van der Waals surface area contributed by atoms with Crippen LogP contribution in [0.15, 0.2) is 47.1 Å². The molecule has 88 valence electrons. The molecule has 17 heavy (non-hydrogen) atoms. The van der Waals surface area contributed by atoms with E-state index >= 15 is 0 Å². The predicted octanol–water partition coefficient (Wildman–Crippen LogP) is 2.90. The van der Waals surface area contributed by atoms with Gasteiger partial charge in [-0.15, -0.1) is 0 Å². The maximum absolute atomic E-state index is 6.14. The lowest BCUT2D eigenvalue weighted by Gasteiger charge is -2.12. The Bertz CT molecular complexity index is 482. The number of hydrogen-bond donors (Lipinski definition) is 1. The molecule has 1 unspecified atom stereocenters. The Kier molecular flexibility index (Phi) is 3.76. The highest BCUT2D eigenvalue weighted by Gasteiger charge is 2.09. The van der Waals surface area contributed by atoms with E-state index in [1.165, 1.54) is 0 Å². The van der Waals surface area contributed by atoms with Gasteiger partial charge in [-0.2, -0.15) is 0 Å². The Morgan fingerprint density at radius 1 is 1.18 bits per heavy atom. The van der Waals surface area contributed by atoms with Gasteiger partial charge in [-0.05, 0) is 45.8 Å². The Morgan fingerprint density at radius 3 is 2.41 bits per heavy atom. The number of halogens is 1. The summed E-state index contributed by atoms with van der Waals surface area (Å²) in [4.78, 5) is 4.29. The summed E-state index contributed by atoms with van der Waals surface area (Å²) in [5.74, 6) is 0.824. The average Bonchev–Trinajstić information content (AvgIpc) is 2.39. The Labute approximate surface area is 109 Å². The maximum Gasteiger partial charge on any atom is 0.118 e. The minimum absolute atomic E-state index is 0.214. The Hall–Kier alpha value is -1.39. The first kappa shape index (κ1) is 12.1. The highest BCUT2D eigenvalue weighted by atomic mass is 79.9. The smallest absolute Gasteiger partial charge is 0.118 e. The summed E-state index contributed by atoms with van der Waals surface area (Å²) in [5, 5.41) is 0. The number of nitrogens with two attached hydrogens (primary N) is 1. The van der Waals surface area contributed by atoms with Gasteiger partial charge < -0.3 is 10.5 Å². The molecule has 1 aromatic carbocycles. The van der Waals surface area contributed by atoms with Crippen LogP contribution in [0.25, 0.3) is 0 Å². The van der Waals surface area contributed by atoms with Crippen LogP contribution in [0.4, 0.5) is 0 Å². The second-order valence-electron chi connectivity index (χ2n) is 3.65. The Morgan fingerprint density at radius 2 is 1.88 bits per heavy atom. The van der Waals surface area contributed by atoms with E-state index < -0.39 is 0 Å². The quantitative estimate of drug-likeness (QED) is 0.946. The minimum Gasteiger partial charge on any atom is -0.497 e. The molecule has 3 nitrogen and oxygen atoms in total. The van der Waals surface area contributed by atoms with Gasteiger partial charge in [-0.25, -0.2) is 0 Å². The molecule has 0 aliphatic rings. The van der Waals surface area contributed by atoms with Crippen LogP contribution in [0.5, 0.6) is 5.75 Å². The van der Waals surface area contributed by atoms with Gasteiger partial charge in [0.15, 0.2) is 0 Å². The number of ether oxygens (including phenoxy) is 1. The van der Waals surface area contributed by atoms with Gasteiger partial charge in [0.05, 0.1) is 18.8 Å². The number of benzene rings is 1. The van der Waals surface area contributed by atoms with Crippen molar-refractivity contribution >= 4 is 15.9 Å². The molecule has 2 rings (SSSR count). The molecular weight excluding hydrogens is 280 g/mol. The number of methoxy groups -OCH3 is 1. The van der Waals surface area contributed by atoms with Gasteiger partial charge in [0, 0.05) is 10.7 Å². The minimum atomic E-state index is -0.214. The standard InChI is InChI=1S/C13H13BrN2O/c1-17-11-5-2-9(3-6-11)13(15)12-7-4-10(14)8-16-12/h2-8,13H,15H2,1H3. The number of nitrogens with zero attached hydrogens (tertiary/aromatic N) is 1. The number of hydrogen-bond acceptors (Lipinski definition) is 3. The Balaban J connectivity index is 2.23. The summed E-state index contributed by atoms with van der Waals surface area (Å²) < 4.78 is 6.06. The summed E-state index contributed by atoms with van der Waals surface area (Å²) in [6.45, 7) is 0. The number of aromatic nitrogens is 1. The van der Waals surface area contributed by atoms with Crippen LogP contribution in [0.1, 0.15) is 17.3 Å². The molecule has 1 atom stereocenters. The SMILES string of the molecule is COc1ccc(C(N)c2ccc(Br)cn2)cc1. The molecule has 0 saturated carbocycles. The molecule has 0 aliphatic heterocycles. The van der Waals surface area contributed by atoms with Crippen LogP contribution in [0.2, 0.25) is 0 Å². The predicted molar refractivity (Wildman–Crippen MR) is 71.0 cm³/mol. The average molecular weight is 293 g/mol. The van der Waals surface area contributed by atoms with E-state index in [1.807, 2.05) is 36.4 Å². The third-order valence-corrected chi connectivity index (χ3v) is 3.01. The molecule has 0 saturated heterocycles. The largest absolute Gasteiger partial charge is 0.497 e. The van der Waals surface area contributed by atoms with Crippen LogP contribution in [0, 0.1) is 0 Å². The third kappa shape index (κ3) is 2.84. The van der Waals surface area contributed by atoms with E-state index in [1.54, 1.807) is 13.3 Å². The van der Waals surface area contributed by atoms with Gasteiger partial charge in [-0.1, -0.05) is 12.1 Å². The van der Waals surface area contributed by atoms with E-state index in [9.17, 15) is 0 Å². The van der Waals surface area contributed by atoms with Crippen LogP contribution in [-0.4, -0.2) is 12.1 Å². The lowest BCUT2D eigenvalue weighted by atomic mass is 10.0. The van der Waals surface area contributed by atoms with Crippen molar-refractivity contribution in [3.8, 4) is 5.75 Å². The van der Waals surface area contributed by atoms with E-state index in [-0.39, 0.29) is 6.04 Å². The normalized spacial score (nSPS) is 12.2. The van der Waals surface area contributed by atoms with E-state index in [2.05, 4.69) is 20.9 Å². The molecule has 2 aromatic rings. The third-order valence-electron chi connectivity index (χ3n) is 2.54. The van der Waals surface area contributed by atoms with Crippen LogP contribution >= 0.6 is 15.9 Å². The van der Waals surface area contributed by atoms with Crippen LogP contribution < -0.4 is 10.5 Å². The second kappa shape index (κ2) is 5.29. The molecule has 4 heteroatoms. The zero-order chi connectivity index (χ0) is 12.3. The molecular formula is C13H13BrN2O. The molecule has 0 spiro atoms. The molecule has 0 amide bonds. The fourth-order valence-corrected chi connectivity index (χ4v) is 1.79. The number of rotatable bonds is 3.